The Kier molecular flexibility index (Phi) is 5.58. The van der Waals surface area contributed by atoms with Gasteiger partial charge in [0, 0.05) is 24.5 Å². The number of carbonyl (C=O) groups excluding carboxylic acids is 1. The van der Waals surface area contributed by atoms with E-state index in [1.807, 2.05) is 0 Å². The zero-order chi connectivity index (χ0) is 21.3. The lowest BCUT2D eigenvalue weighted by Crippen LogP contribution is -2.48. The number of amides is 1. The summed E-state index contributed by atoms with van der Waals surface area (Å²) in [7, 11) is -0.0164. The van der Waals surface area contributed by atoms with E-state index in [0.29, 0.717) is 29.0 Å². The highest BCUT2D eigenvalue weighted by Crippen LogP contribution is 2.28. The van der Waals surface area contributed by atoms with Crippen LogP contribution in [0.4, 0.5) is 10.1 Å². The largest absolute Gasteiger partial charge is 0.376 e. The van der Waals surface area contributed by atoms with Crippen molar-refractivity contribution in [1.82, 2.24) is 9.29 Å². The van der Waals surface area contributed by atoms with Gasteiger partial charge in [0.15, 0.2) is 0 Å². The minimum absolute atomic E-state index is 0.182. The van der Waals surface area contributed by atoms with Crippen molar-refractivity contribution in [2.24, 2.45) is 7.05 Å². The van der Waals surface area contributed by atoms with Crippen LogP contribution in [0, 0.1) is 29.5 Å². The lowest BCUT2D eigenvalue weighted by Gasteiger charge is -2.27. The van der Waals surface area contributed by atoms with Gasteiger partial charge < -0.3 is 15.0 Å². The number of aryl methyl sites for hydroxylation is 1. The first-order valence-electron chi connectivity index (χ1n) is 8.75. The zero-order valence-corrected chi connectivity index (χ0v) is 16.6. The summed E-state index contributed by atoms with van der Waals surface area (Å²) in [6.45, 7) is 1.47. The highest BCUT2D eigenvalue weighted by Gasteiger charge is 2.36. The van der Waals surface area contributed by atoms with Gasteiger partial charge in [-0.2, -0.15) is 5.26 Å². The highest BCUT2D eigenvalue weighted by molar-refractivity contribution is 7.83. The number of hydrogen-bond donors (Lipinski definition) is 3. The van der Waals surface area contributed by atoms with Crippen molar-refractivity contribution >= 4 is 22.6 Å². The second-order valence-electron chi connectivity index (χ2n) is 6.96. The summed E-state index contributed by atoms with van der Waals surface area (Å²) in [5.74, 6) is 1.13. The van der Waals surface area contributed by atoms with Crippen LogP contribution in [0.3, 0.4) is 0 Å². The number of terminal acetylenes is 1. The van der Waals surface area contributed by atoms with E-state index in [2.05, 4.69) is 16.0 Å². The fourth-order valence-electron chi connectivity index (χ4n) is 3.26. The van der Waals surface area contributed by atoms with Crippen LogP contribution in [0.1, 0.15) is 35.0 Å². The molecule has 0 bridgehead atoms. The molecular weight excluding hydrogens is 395 g/mol. The van der Waals surface area contributed by atoms with Crippen LogP contribution in [0.15, 0.2) is 29.3 Å². The van der Waals surface area contributed by atoms with Crippen molar-refractivity contribution in [3.05, 3.63) is 47.0 Å². The van der Waals surface area contributed by atoms with Crippen LogP contribution in [0.25, 0.3) is 0 Å². The minimum Gasteiger partial charge on any atom is -0.376 e. The van der Waals surface area contributed by atoms with Crippen molar-refractivity contribution in [1.29, 1.82) is 5.26 Å². The van der Waals surface area contributed by atoms with Gasteiger partial charge in [0.05, 0.1) is 16.5 Å². The maximum Gasteiger partial charge on any atom is 0.272 e. The molecule has 3 N–H and O–H groups in total. The predicted octanol–water partition coefficient (Wildman–Crippen LogP) is 1.60. The molecule has 1 aromatic heterocycles. The van der Waals surface area contributed by atoms with Gasteiger partial charge in [-0.25, -0.2) is 13.3 Å². The number of benzene rings is 1. The van der Waals surface area contributed by atoms with E-state index in [1.54, 1.807) is 23.9 Å². The summed E-state index contributed by atoms with van der Waals surface area (Å²) in [5.41, 5.74) is -0.541. The van der Waals surface area contributed by atoms with E-state index in [-0.39, 0.29) is 11.3 Å². The van der Waals surface area contributed by atoms with E-state index in [4.69, 9.17) is 11.7 Å². The molecule has 0 radical (unpaired) electrons. The third-order valence-electron chi connectivity index (χ3n) is 4.91. The lowest BCUT2D eigenvalue weighted by atomic mass is 9.92. The van der Waals surface area contributed by atoms with Gasteiger partial charge in [0.2, 0.25) is 0 Å². The van der Waals surface area contributed by atoms with E-state index in [9.17, 15) is 18.5 Å². The molecule has 0 saturated heterocycles. The topological polar surface area (TPSA) is 107 Å². The Morgan fingerprint density at radius 1 is 1.55 bits per heavy atom. The molecule has 150 valence electrons. The van der Waals surface area contributed by atoms with E-state index >= 15 is 0 Å². The number of aromatic nitrogens is 1. The molecule has 3 atom stereocenters. The molecule has 3 unspecified atom stereocenters. The number of halogens is 1. The summed E-state index contributed by atoms with van der Waals surface area (Å²) in [6.07, 6.45) is 7.71. The number of nitrogens with one attached hydrogen (secondary N) is 2. The summed E-state index contributed by atoms with van der Waals surface area (Å²) in [5, 5.41) is 21.9. The molecule has 7 nitrogen and oxygen atoms in total. The highest BCUT2D eigenvalue weighted by atomic mass is 32.2. The van der Waals surface area contributed by atoms with Gasteiger partial charge in [-0.15, -0.1) is 6.42 Å². The molecule has 29 heavy (non-hydrogen) atoms. The van der Waals surface area contributed by atoms with Gasteiger partial charge in [0.25, 0.3) is 5.91 Å². The summed E-state index contributed by atoms with van der Waals surface area (Å²) in [6, 6.07) is 4.81. The number of carbonyl (C=O) groups is 1. The molecule has 0 fully saturated rings. The number of rotatable bonds is 3. The average molecular weight is 414 g/mol. The third kappa shape index (κ3) is 3.94. The molecule has 1 aliphatic heterocycles. The monoisotopic (exact) mass is 414 g/mol. The van der Waals surface area contributed by atoms with Crippen molar-refractivity contribution in [3.63, 3.8) is 0 Å². The Balaban J connectivity index is 1.92. The number of anilines is 1. The normalized spacial score (nSPS) is 20.5. The Bertz CT molecular complexity index is 1090. The van der Waals surface area contributed by atoms with Gasteiger partial charge in [-0.3, -0.25) is 4.79 Å². The molecule has 1 aromatic carbocycles. The first-order chi connectivity index (χ1) is 13.7. The van der Waals surface area contributed by atoms with Gasteiger partial charge >= 0.3 is 0 Å². The second kappa shape index (κ2) is 7.80. The Morgan fingerprint density at radius 3 is 2.93 bits per heavy atom. The lowest BCUT2D eigenvalue weighted by molar-refractivity contribution is 0.0833. The van der Waals surface area contributed by atoms with Crippen molar-refractivity contribution in [2.45, 2.75) is 36.3 Å². The third-order valence-corrected chi connectivity index (χ3v) is 6.16. The van der Waals surface area contributed by atoms with E-state index < -0.39 is 34.4 Å². The van der Waals surface area contributed by atoms with Crippen LogP contribution in [-0.4, -0.2) is 31.4 Å². The first kappa shape index (κ1) is 20.7. The summed E-state index contributed by atoms with van der Waals surface area (Å²) in [4.78, 5) is 13.3. The number of aliphatic hydroxyl groups is 1. The van der Waals surface area contributed by atoms with Crippen molar-refractivity contribution < 1.29 is 18.5 Å². The molecule has 2 aromatic rings. The molecular formula is C20H19FN4O3S. The van der Waals surface area contributed by atoms with Gasteiger partial charge in [-0.05, 0) is 38.0 Å². The standard InChI is InChI=1S/C20H19FN4O3S/c1-4-20(2,27)17-8-6-14-16(29(28)24-17)11-25(3)18(14)19(26)23-13-5-7-15(21)12(9-13)10-22/h1,5,7,9,11,17,24,27H,6,8H2,2-3H3,(H,23,26). The molecule has 2 heterocycles. The van der Waals surface area contributed by atoms with Gasteiger partial charge in [-0.1, -0.05) is 5.92 Å². The quantitative estimate of drug-likeness (QED) is 0.663. The van der Waals surface area contributed by atoms with Gasteiger partial charge in [0.1, 0.15) is 34.2 Å². The molecule has 9 heteroatoms. The number of hydrogen-bond acceptors (Lipinski definition) is 4. The number of nitrogens with zero attached hydrogens (tertiary/aromatic N) is 2. The number of fused-ring (bicyclic) bond motifs is 1. The first-order valence-corrected chi connectivity index (χ1v) is 9.90. The van der Waals surface area contributed by atoms with Crippen LogP contribution >= 0.6 is 0 Å². The Morgan fingerprint density at radius 2 is 2.28 bits per heavy atom. The average Bonchev–Trinajstić information content (AvgIpc) is 2.93. The van der Waals surface area contributed by atoms with Crippen LogP contribution in [-0.2, 0) is 24.5 Å². The predicted molar refractivity (Wildman–Crippen MR) is 106 cm³/mol. The maximum atomic E-state index is 13.5. The SMILES string of the molecule is C#CC(C)(O)C1CCc2c(cn(C)c2C(=O)Nc2ccc(F)c(C#N)c2)S(=O)N1. The van der Waals surface area contributed by atoms with Crippen LogP contribution in [0.2, 0.25) is 0 Å². The second-order valence-corrected chi connectivity index (χ2v) is 8.17. The van der Waals surface area contributed by atoms with Crippen LogP contribution in [0.5, 0.6) is 0 Å². The fraction of sp³-hybridized carbons (Fsp3) is 0.300. The summed E-state index contributed by atoms with van der Waals surface area (Å²) < 4.78 is 30.6. The Labute approximate surface area is 170 Å². The van der Waals surface area contributed by atoms with Crippen LogP contribution < -0.4 is 10.0 Å². The fourth-order valence-corrected chi connectivity index (χ4v) is 4.67. The minimum atomic E-state index is -1.67. The molecule has 0 spiro atoms. The van der Waals surface area contributed by atoms with Crippen molar-refractivity contribution in [2.75, 3.05) is 5.32 Å². The maximum absolute atomic E-state index is 13.5. The van der Waals surface area contributed by atoms with Crippen molar-refractivity contribution in [3.8, 4) is 18.4 Å². The smallest absolute Gasteiger partial charge is 0.272 e. The number of nitriles is 1. The molecule has 3 rings (SSSR count). The molecule has 1 amide bonds. The Hall–Kier alpha value is -2.98. The molecule has 0 aliphatic carbocycles. The molecule has 0 saturated carbocycles. The summed E-state index contributed by atoms with van der Waals surface area (Å²) >= 11 is 0. The zero-order valence-electron chi connectivity index (χ0n) is 15.8. The van der Waals surface area contributed by atoms with E-state index in [1.165, 1.54) is 19.1 Å². The molecule has 1 aliphatic rings. The van der Waals surface area contributed by atoms with E-state index in [0.717, 1.165) is 6.07 Å².